The summed E-state index contributed by atoms with van der Waals surface area (Å²) in [6.07, 6.45) is 1.79. The van der Waals surface area contributed by atoms with Gasteiger partial charge in [0.15, 0.2) is 0 Å². The van der Waals surface area contributed by atoms with E-state index in [0.717, 1.165) is 12.8 Å². The molecule has 2 atom stereocenters. The van der Waals surface area contributed by atoms with Crippen molar-refractivity contribution < 1.29 is 0 Å². The number of benzene rings is 4. The first-order chi connectivity index (χ1) is 14.7. The molecule has 4 aromatic carbocycles. The van der Waals surface area contributed by atoms with Gasteiger partial charge < -0.3 is 11.5 Å². The zero-order chi connectivity index (χ0) is 21.0. The molecule has 0 amide bonds. The molecule has 2 unspecified atom stereocenters. The molecular formula is C28H30N2. The molecule has 152 valence electrons. The smallest absolute Gasteiger partial charge is 0.0335 e. The Morgan fingerprint density at radius 1 is 0.400 bits per heavy atom. The summed E-state index contributed by atoms with van der Waals surface area (Å²) in [6.45, 7) is 0. The van der Waals surface area contributed by atoms with Gasteiger partial charge in [0, 0.05) is 12.1 Å². The van der Waals surface area contributed by atoms with Crippen LogP contribution < -0.4 is 11.5 Å². The van der Waals surface area contributed by atoms with Crippen LogP contribution in [0.15, 0.2) is 121 Å². The molecule has 4 aromatic rings. The van der Waals surface area contributed by atoms with Gasteiger partial charge in [0.1, 0.15) is 0 Å². The monoisotopic (exact) mass is 394 g/mol. The lowest BCUT2D eigenvalue weighted by molar-refractivity contribution is 0.722. The van der Waals surface area contributed by atoms with Crippen LogP contribution in [0.1, 0.15) is 34.3 Å². The summed E-state index contributed by atoms with van der Waals surface area (Å²) in [5.41, 5.74) is 17.2. The van der Waals surface area contributed by atoms with Crippen LogP contribution in [0.2, 0.25) is 0 Å². The molecule has 0 aliphatic heterocycles. The molecule has 0 aliphatic rings. The first kappa shape index (κ1) is 21.5. The van der Waals surface area contributed by atoms with E-state index in [2.05, 4.69) is 48.5 Å². The summed E-state index contributed by atoms with van der Waals surface area (Å²) in [6, 6.07) is 41.3. The van der Waals surface area contributed by atoms with Gasteiger partial charge in [0.05, 0.1) is 0 Å². The van der Waals surface area contributed by atoms with Gasteiger partial charge in [-0.25, -0.2) is 0 Å². The largest absolute Gasteiger partial charge is 0.324 e. The Morgan fingerprint density at radius 2 is 0.667 bits per heavy atom. The lowest BCUT2D eigenvalue weighted by Gasteiger charge is -2.11. The highest BCUT2D eigenvalue weighted by molar-refractivity contribution is 5.24. The van der Waals surface area contributed by atoms with Crippen LogP contribution in [0.4, 0.5) is 0 Å². The third-order valence-corrected chi connectivity index (χ3v) is 5.05. The number of hydrogen-bond acceptors (Lipinski definition) is 2. The third kappa shape index (κ3) is 7.00. The Labute approximate surface area is 180 Å². The van der Waals surface area contributed by atoms with Crippen LogP contribution in [0, 0.1) is 0 Å². The summed E-state index contributed by atoms with van der Waals surface area (Å²) in [5.74, 6) is 0. The second-order valence-corrected chi connectivity index (χ2v) is 7.41. The van der Waals surface area contributed by atoms with E-state index in [-0.39, 0.29) is 12.1 Å². The minimum atomic E-state index is 0.0913. The highest BCUT2D eigenvalue weighted by atomic mass is 14.6. The normalized spacial score (nSPS) is 12.3. The number of nitrogens with two attached hydrogens (primary N) is 2. The van der Waals surface area contributed by atoms with Gasteiger partial charge in [-0.15, -0.1) is 0 Å². The van der Waals surface area contributed by atoms with E-state index < -0.39 is 0 Å². The molecule has 0 aromatic heterocycles. The van der Waals surface area contributed by atoms with Crippen molar-refractivity contribution in [1.29, 1.82) is 0 Å². The second-order valence-electron chi connectivity index (χ2n) is 7.41. The van der Waals surface area contributed by atoms with Crippen LogP contribution in [0.5, 0.6) is 0 Å². The van der Waals surface area contributed by atoms with Crippen molar-refractivity contribution in [3.05, 3.63) is 144 Å². The first-order valence-corrected chi connectivity index (χ1v) is 10.4. The fourth-order valence-corrected chi connectivity index (χ4v) is 3.37. The average Bonchev–Trinajstić information content (AvgIpc) is 2.82. The van der Waals surface area contributed by atoms with Crippen molar-refractivity contribution in [3.63, 3.8) is 0 Å². The molecule has 2 nitrogen and oxygen atoms in total. The van der Waals surface area contributed by atoms with Crippen LogP contribution in [0.3, 0.4) is 0 Å². The molecule has 0 spiro atoms. The van der Waals surface area contributed by atoms with Gasteiger partial charge in [-0.05, 0) is 35.1 Å². The van der Waals surface area contributed by atoms with Crippen molar-refractivity contribution >= 4 is 0 Å². The van der Waals surface area contributed by atoms with Crippen LogP contribution in [-0.4, -0.2) is 0 Å². The summed E-state index contributed by atoms with van der Waals surface area (Å²) in [4.78, 5) is 0. The van der Waals surface area contributed by atoms with Crippen molar-refractivity contribution in [2.75, 3.05) is 0 Å². The topological polar surface area (TPSA) is 52.0 Å². The molecule has 0 heterocycles. The Kier molecular flexibility index (Phi) is 8.40. The molecule has 0 saturated carbocycles. The van der Waals surface area contributed by atoms with Crippen molar-refractivity contribution in [1.82, 2.24) is 0 Å². The second kappa shape index (κ2) is 11.7. The molecule has 30 heavy (non-hydrogen) atoms. The van der Waals surface area contributed by atoms with E-state index in [1.54, 1.807) is 0 Å². The predicted octanol–water partition coefficient (Wildman–Crippen LogP) is 5.86. The molecule has 2 heteroatoms. The maximum Gasteiger partial charge on any atom is 0.0335 e. The fourth-order valence-electron chi connectivity index (χ4n) is 3.37. The zero-order valence-electron chi connectivity index (χ0n) is 17.3. The minimum absolute atomic E-state index is 0.0913. The van der Waals surface area contributed by atoms with Crippen LogP contribution >= 0.6 is 0 Å². The van der Waals surface area contributed by atoms with E-state index in [1.807, 2.05) is 72.8 Å². The Bertz CT molecular complexity index is 871. The highest BCUT2D eigenvalue weighted by Gasteiger charge is 2.06. The number of rotatable bonds is 6. The Hall–Kier alpha value is -3.20. The number of hydrogen-bond donors (Lipinski definition) is 2. The van der Waals surface area contributed by atoms with Crippen molar-refractivity contribution in [2.45, 2.75) is 24.9 Å². The summed E-state index contributed by atoms with van der Waals surface area (Å²) < 4.78 is 0. The molecule has 0 radical (unpaired) electrons. The van der Waals surface area contributed by atoms with Gasteiger partial charge in [-0.1, -0.05) is 121 Å². The highest BCUT2D eigenvalue weighted by Crippen LogP contribution is 2.16. The van der Waals surface area contributed by atoms with E-state index in [4.69, 9.17) is 11.5 Å². The van der Waals surface area contributed by atoms with E-state index in [9.17, 15) is 0 Å². The molecule has 0 saturated heterocycles. The van der Waals surface area contributed by atoms with Gasteiger partial charge in [0.25, 0.3) is 0 Å². The Balaban J connectivity index is 0.000000171. The van der Waals surface area contributed by atoms with E-state index >= 15 is 0 Å². The molecule has 0 fully saturated rings. The standard InChI is InChI=1S/2C14H15N/c2*15-14(13-9-5-2-6-10-13)11-12-7-3-1-4-8-12/h2*1-10,14H,11,15H2. The maximum atomic E-state index is 6.13. The first-order valence-electron chi connectivity index (χ1n) is 10.4. The molecule has 0 aliphatic carbocycles. The fraction of sp³-hybridized carbons (Fsp3) is 0.143. The quantitative estimate of drug-likeness (QED) is 0.430. The van der Waals surface area contributed by atoms with E-state index in [1.165, 1.54) is 22.3 Å². The summed E-state index contributed by atoms with van der Waals surface area (Å²) >= 11 is 0. The average molecular weight is 395 g/mol. The third-order valence-electron chi connectivity index (χ3n) is 5.05. The molecule has 0 bridgehead atoms. The molecular weight excluding hydrogens is 364 g/mol. The van der Waals surface area contributed by atoms with Gasteiger partial charge in [-0.3, -0.25) is 0 Å². The minimum Gasteiger partial charge on any atom is -0.324 e. The van der Waals surface area contributed by atoms with Crippen molar-refractivity contribution in [3.8, 4) is 0 Å². The lowest BCUT2D eigenvalue weighted by Crippen LogP contribution is -2.12. The Morgan fingerprint density at radius 3 is 0.967 bits per heavy atom. The summed E-state index contributed by atoms with van der Waals surface area (Å²) in [7, 11) is 0. The lowest BCUT2D eigenvalue weighted by atomic mass is 10.00. The van der Waals surface area contributed by atoms with Crippen molar-refractivity contribution in [2.24, 2.45) is 11.5 Å². The predicted molar refractivity (Wildman–Crippen MR) is 127 cm³/mol. The zero-order valence-corrected chi connectivity index (χ0v) is 17.3. The molecule has 4 N–H and O–H groups in total. The summed E-state index contributed by atoms with van der Waals surface area (Å²) in [5, 5.41) is 0. The van der Waals surface area contributed by atoms with Gasteiger partial charge >= 0.3 is 0 Å². The van der Waals surface area contributed by atoms with E-state index in [0.29, 0.717) is 0 Å². The van der Waals surface area contributed by atoms with Crippen LogP contribution in [-0.2, 0) is 12.8 Å². The van der Waals surface area contributed by atoms with Gasteiger partial charge in [0.2, 0.25) is 0 Å². The SMILES string of the molecule is NC(Cc1ccccc1)c1ccccc1.NC(Cc1ccccc1)c1ccccc1. The molecule has 4 rings (SSSR count). The van der Waals surface area contributed by atoms with Gasteiger partial charge in [-0.2, -0.15) is 0 Å². The maximum absolute atomic E-state index is 6.13. The van der Waals surface area contributed by atoms with Crippen LogP contribution in [0.25, 0.3) is 0 Å².